The van der Waals surface area contributed by atoms with E-state index in [2.05, 4.69) is 37.2 Å². The van der Waals surface area contributed by atoms with E-state index in [0.29, 0.717) is 25.2 Å². The summed E-state index contributed by atoms with van der Waals surface area (Å²) >= 11 is 12.6. The van der Waals surface area contributed by atoms with Gasteiger partial charge in [0.2, 0.25) is 5.75 Å². The van der Waals surface area contributed by atoms with E-state index in [1.807, 2.05) is 6.07 Å². The van der Waals surface area contributed by atoms with Crippen molar-refractivity contribution in [1.29, 1.82) is 5.26 Å². The highest BCUT2D eigenvalue weighted by Gasteiger charge is 2.23. The maximum Gasteiger partial charge on any atom is 0.318 e. The molecule has 0 aromatic heterocycles. The van der Waals surface area contributed by atoms with Crippen LogP contribution in [0.4, 0.5) is 17.1 Å². The summed E-state index contributed by atoms with van der Waals surface area (Å²) in [6.07, 6.45) is 1.33. The van der Waals surface area contributed by atoms with Gasteiger partial charge < -0.3 is 10.1 Å². The third-order valence-electron chi connectivity index (χ3n) is 4.38. The Labute approximate surface area is 219 Å². The van der Waals surface area contributed by atoms with Crippen LogP contribution in [-0.4, -0.2) is 15.8 Å². The van der Waals surface area contributed by atoms with E-state index >= 15 is 0 Å². The lowest BCUT2D eigenvalue weighted by atomic mass is 10.1. The van der Waals surface area contributed by atoms with Crippen LogP contribution in [0.3, 0.4) is 0 Å². The van der Waals surface area contributed by atoms with Gasteiger partial charge in [0, 0.05) is 6.07 Å². The second-order valence-electron chi connectivity index (χ2n) is 6.69. The fourth-order valence-corrected chi connectivity index (χ4v) is 4.35. The summed E-state index contributed by atoms with van der Waals surface area (Å²) in [5.74, 6) is -0.755. The highest BCUT2D eigenvalue weighted by atomic mass is 79.9. The highest BCUT2D eigenvalue weighted by Crippen LogP contribution is 2.41. The van der Waals surface area contributed by atoms with Crippen molar-refractivity contribution >= 4 is 72.5 Å². The SMILES string of the molecule is N#C/C(=C\c1cc(Br)c(Oc2ccc([N+](=O)[O-])cc2[N+](=O)[O-])c(Br)c1)C(=O)Nc1ccccc1Cl. The predicted molar refractivity (Wildman–Crippen MR) is 135 cm³/mol. The van der Waals surface area contributed by atoms with Gasteiger partial charge >= 0.3 is 5.69 Å². The molecule has 176 valence electrons. The van der Waals surface area contributed by atoms with Crippen molar-refractivity contribution in [3.05, 3.63) is 99.9 Å². The first-order valence-corrected chi connectivity index (χ1v) is 11.3. The molecule has 10 nitrogen and oxygen atoms in total. The second kappa shape index (κ2) is 11.1. The van der Waals surface area contributed by atoms with Gasteiger partial charge in [-0.25, -0.2) is 0 Å². The van der Waals surface area contributed by atoms with Gasteiger partial charge in [-0.05, 0) is 73.8 Å². The molecule has 0 heterocycles. The van der Waals surface area contributed by atoms with Gasteiger partial charge in [0.05, 0.1) is 35.6 Å². The Morgan fingerprint density at radius 2 is 1.71 bits per heavy atom. The number of halogens is 3. The van der Waals surface area contributed by atoms with Crippen LogP contribution >= 0.6 is 43.5 Å². The molecular formula is C22H11Br2ClN4O6. The Balaban J connectivity index is 1.91. The topological polar surface area (TPSA) is 148 Å². The maximum absolute atomic E-state index is 12.5. The molecule has 0 aliphatic rings. The average Bonchev–Trinajstić information content (AvgIpc) is 2.81. The van der Waals surface area contributed by atoms with E-state index in [4.69, 9.17) is 16.3 Å². The monoisotopic (exact) mass is 620 g/mol. The van der Waals surface area contributed by atoms with Crippen molar-refractivity contribution in [1.82, 2.24) is 0 Å². The number of carbonyl (C=O) groups is 1. The number of rotatable bonds is 7. The number of non-ortho nitro benzene ring substituents is 1. The fraction of sp³-hybridized carbons (Fsp3) is 0. The number of nitro groups is 2. The molecule has 0 atom stereocenters. The molecule has 35 heavy (non-hydrogen) atoms. The van der Waals surface area contributed by atoms with Crippen LogP contribution in [-0.2, 0) is 4.79 Å². The molecule has 0 unspecified atom stereocenters. The van der Waals surface area contributed by atoms with Gasteiger partial charge in [-0.3, -0.25) is 25.0 Å². The molecule has 0 bridgehead atoms. The number of anilines is 1. The van der Waals surface area contributed by atoms with Gasteiger partial charge in [-0.15, -0.1) is 0 Å². The number of amides is 1. The van der Waals surface area contributed by atoms with Crippen LogP contribution in [0.5, 0.6) is 11.5 Å². The number of nitriles is 1. The molecule has 3 aromatic carbocycles. The zero-order valence-corrected chi connectivity index (χ0v) is 21.1. The second-order valence-corrected chi connectivity index (χ2v) is 8.80. The van der Waals surface area contributed by atoms with E-state index in [1.165, 1.54) is 18.2 Å². The molecule has 0 fully saturated rings. The van der Waals surface area contributed by atoms with Crippen LogP contribution in [0.1, 0.15) is 5.56 Å². The number of ether oxygens (including phenoxy) is 1. The minimum absolute atomic E-state index is 0.137. The van der Waals surface area contributed by atoms with Gasteiger partial charge in [0.1, 0.15) is 11.6 Å². The van der Waals surface area contributed by atoms with E-state index in [-0.39, 0.29) is 17.1 Å². The summed E-state index contributed by atoms with van der Waals surface area (Å²) in [4.78, 5) is 33.3. The Morgan fingerprint density at radius 3 is 2.29 bits per heavy atom. The zero-order valence-electron chi connectivity index (χ0n) is 17.2. The number of para-hydroxylation sites is 1. The first kappa shape index (κ1) is 25.8. The predicted octanol–water partition coefficient (Wildman–Crippen LogP) is 7.02. The van der Waals surface area contributed by atoms with Crippen molar-refractivity contribution in [3.8, 4) is 17.6 Å². The van der Waals surface area contributed by atoms with Crippen LogP contribution in [0.25, 0.3) is 6.08 Å². The molecule has 3 rings (SSSR count). The summed E-state index contributed by atoms with van der Waals surface area (Å²) in [5, 5.41) is 34.6. The molecule has 0 saturated carbocycles. The number of hydrogen-bond donors (Lipinski definition) is 1. The molecule has 0 aliphatic carbocycles. The Hall–Kier alpha value is -3.79. The van der Waals surface area contributed by atoms with Crippen LogP contribution < -0.4 is 10.1 Å². The van der Waals surface area contributed by atoms with Gasteiger partial charge in [0.15, 0.2) is 5.75 Å². The van der Waals surface area contributed by atoms with E-state index in [9.17, 15) is 30.3 Å². The third kappa shape index (κ3) is 6.21. The van der Waals surface area contributed by atoms with Gasteiger partial charge in [-0.2, -0.15) is 5.26 Å². The number of carbonyl (C=O) groups excluding carboxylic acids is 1. The lowest BCUT2D eigenvalue weighted by Gasteiger charge is -2.11. The number of nitro benzene ring substituents is 2. The summed E-state index contributed by atoms with van der Waals surface area (Å²) in [6.45, 7) is 0. The van der Waals surface area contributed by atoms with Crippen LogP contribution in [0.15, 0.2) is 69.1 Å². The fourth-order valence-electron chi connectivity index (χ4n) is 2.79. The van der Waals surface area contributed by atoms with Crippen LogP contribution in [0, 0.1) is 31.6 Å². The quantitative estimate of drug-likeness (QED) is 0.129. The first-order chi connectivity index (χ1) is 16.6. The highest BCUT2D eigenvalue weighted by molar-refractivity contribution is 9.11. The normalized spacial score (nSPS) is 10.9. The van der Waals surface area contributed by atoms with E-state index in [1.54, 1.807) is 24.3 Å². The molecule has 3 aromatic rings. The van der Waals surface area contributed by atoms with E-state index in [0.717, 1.165) is 18.2 Å². The minimum atomic E-state index is -0.794. The Morgan fingerprint density at radius 1 is 1.06 bits per heavy atom. The summed E-state index contributed by atoms with van der Waals surface area (Å²) in [7, 11) is 0. The Bertz CT molecular complexity index is 1410. The molecule has 1 N–H and O–H groups in total. The average molecular weight is 623 g/mol. The lowest BCUT2D eigenvalue weighted by molar-refractivity contribution is -0.394. The molecular weight excluding hydrogens is 612 g/mol. The molecule has 0 spiro atoms. The number of nitrogens with zero attached hydrogens (tertiary/aromatic N) is 3. The molecule has 0 radical (unpaired) electrons. The van der Waals surface area contributed by atoms with Crippen molar-refractivity contribution in [3.63, 3.8) is 0 Å². The summed E-state index contributed by atoms with van der Waals surface area (Å²) < 4.78 is 6.31. The molecule has 13 heteroatoms. The largest absolute Gasteiger partial charge is 0.448 e. The molecule has 0 saturated heterocycles. The van der Waals surface area contributed by atoms with Crippen molar-refractivity contribution < 1.29 is 19.4 Å². The van der Waals surface area contributed by atoms with Crippen LogP contribution in [0.2, 0.25) is 5.02 Å². The third-order valence-corrected chi connectivity index (χ3v) is 5.89. The summed E-state index contributed by atoms with van der Waals surface area (Å²) in [5.41, 5.74) is -0.480. The maximum atomic E-state index is 12.5. The summed E-state index contributed by atoms with van der Waals surface area (Å²) in [6, 6.07) is 14.4. The zero-order chi connectivity index (χ0) is 25.7. The minimum Gasteiger partial charge on any atom is -0.448 e. The standard InChI is InChI=1S/C22H11Br2ClN4O6/c23-15-8-12(7-13(11-26)22(30)27-18-4-2-1-3-17(18)25)9-16(24)21(15)35-20-6-5-14(28(31)32)10-19(20)29(33)34/h1-10H,(H,27,30)/b13-7+. The Kier molecular flexibility index (Phi) is 8.18. The number of benzene rings is 3. The smallest absolute Gasteiger partial charge is 0.318 e. The lowest BCUT2D eigenvalue weighted by Crippen LogP contribution is -2.13. The number of nitrogens with one attached hydrogen (secondary N) is 1. The van der Waals surface area contributed by atoms with Crippen molar-refractivity contribution in [2.75, 3.05) is 5.32 Å². The van der Waals surface area contributed by atoms with Crippen molar-refractivity contribution in [2.45, 2.75) is 0 Å². The van der Waals surface area contributed by atoms with Gasteiger partial charge in [-0.1, -0.05) is 23.7 Å². The molecule has 1 amide bonds. The van der Waals surface area contributed by atoms with Crippen molar-refractivity contribution in [2.24, 2.45) is 0 Å². The first-order valence-electron chi connectivity index (χ1n) is 9.38. The van der Waals surface area contributed by atoms with E-state index < -0.39 is 27.1 Å². The molecule has 0 aliphatic heterocycles. The number of hydrogen-bond acceptors (Lipinski definition) is 7. The van der Waals surface area contributed by atoms with Gasteiger partial charge in [0.25, 0.3) is 11.6 Å².